The summed E-state index contributed by atoms with van der Waals surface area (Å²) in [6.07, 6.45) is -2.23. The molecule has 4 heterocycles. The van der Waals surface area contributed by atoms with Crippen LogP contribution in [0.2, 0.25) is 0 Å². The zero-order valence-corrected chi connectivity index (χ0v) is 15.2. The fraction of sp³-hybridized carbons (Fsp3) is 0.316. The van der Waals surface area contributed by atoms with Crippen LogP contribution in [-0.4, -0.2) is 53.0 Å². The van der Waals surface area contributed by atoms with E-state index in [9.17, 15) is 13.6 Å². The lowest BCUT2D eigenvalue weighted by molar-refractivity contribution is -0.286. The summed E-state index contributed by atoms with van der Waals surface area (Å²) >= 11 is 0. The predicted molar refractivity (Wildman–Crippen MR) is 96.7 cm³/mol. The smallest absolute Gasteiger partial charge is 0.395 e. The van der Waals surface area contributed by atoms with Crippen molar-refractivity contribution in [2.75, 3.05) is 31.2 Å². The highest BCUT2D eigenvalue weighted by molar-refractivity contribution is 6.00. The second-order valence-corrected chi connectivity index (χ2v) is 6.71. The Morgan fingerprint density at radius 2 is 2.00 bits per heavy atom. The van der Waals surface area contributed by atoms with Gasteiger partial charge in [0.2, 0.25) is 0 Å². The number of para-hydroxylation sites is 1. The topological polar surface area (TPSA) is 78.2 Å². The molecule has 0 aliphatic carbocycles. The lowest BCUT2D eigenvalue weighted by Crippen LogP contribution is -2.37. The van der Waals surface area contributed by atoms with Gasteiger partial charge in [-0.3, -0.25) is 4.79 Å². The monoisotopic (exact) mass is 402 g/mol. The molecule has 0 atom stereocenters. The van der Waals surface area contributed by atoms with Crippen molar-refractivity contribution in [3.8, 4) is 11.5 Å². The van der Waals surface area contributed by atoms with Crippen molar-refractivity contribution < 1.29 is 27.8 Å². The first-order chi connectivity index (χ1) is 14.0. The van der Waals surface area contributed by atoms with Gasteiger partial charge in [0, 0.05) is 25.2 Å². The van der Waals surface area contributed by atoms with E-state index < -0.39 is 12.1 Å². The maximum atomic E-state index is 13.4. The first-order valence-electron chi connectivity index (χ1n) is 9.09. The number of fused-ring (bicyclic) bond motifs is 2. The molecule has 0 amide bonds. The van der Waals surface area contributed by atoms with Gasteiger partial charge in [0.25, 0.3) is 0 Å². The summed E-state index contributed by atoms with van der Waals surface area (Å²) in [7, 11) is 0. The number of morpholine rings is 1. The van der Waals surface area contributed by atoms with Gasteiger partial charge < -0.3 is 19.1 Å². The van der Waals surface area contributed by atoms with Gasteiger partial charge in [0.1, 0.15) is 5.82 Å². The molecule has 0 spiro atoms. The minimum Gasteiger partial charge on any atom is -0.395 e. The van der Waals surface area contributed by atoms with E-state index in [-0.39, 0.29) is 23.5 Å². The zero-order chi connectivity index (χ0) is 20.0. The Hall–Kier alpha value is -3.27. The summed E-state index contributed by atoms with van der Waals surface area (Å²) in [6.45, 7) is 2.58. The van der Waals surface area contributed by atoms with E-state index in [0.717, 1.165) is 5.82 Å². The predicted octanol–water partition coefficient (Wildman–Crippen LogP) is 2.31. The third-order valence-electron chi connectivity index (χ3n) is 4.80. The van der Waals surface area contributed by atoms with Gasteiger partial charge in [-0.1, -0.05) is 6.07 Å². The third kappa shape index (κ3) is 3.25. The van der Waals surface area contributed by atoms with E-state index in [1.54, 1.807) is 22.8 Å². The second-order valence-electron chi connectivity index (χ2n) is 6.71. The van der Waals surface area contributed by atoms with Crippen LogP contribution in [0.5, 0.6) is 11.5 Å². The number of hydrogen-bond donors (Lipinski definition) is 0. The van der Waals surface area contributed by atoms with Crippen LogP contribution in [0.15, 0.2) is 36.5 Å². The molecule has 29 heavy (non-hydrogen) atoms. The number of aromatic nitrogens is 3. The molecule has 1 saturated heterocycles. The first kappa shape index (κ1) is 17.8. The molecule has 1 fully saturated rings. The molecule has 10 heteroatoms. The van der Waals surface area contributed by atoms with Gasteiger partial charge in [-0.2, -0.15) is 9.61 Å². The van der Waals surface area contributed by atoms with E-state index in [0.29, 0.717) is 37.6 Å². The van der Waals surface area contributed by atoms with Gasteiger partial charge in [-0.15, -0.1) is 8.78 Å². The van der Waals surface area contributed by atoms with E-state index in [1.807, 2.05) is 0 Å². The third-order valence-corrected chi connectivity index (χ3v) is 4.80. The average molecular weight is 402 g/mol. The van der Waals surface area contributed by atoms with Crippen LogP contribution in [0.3, 0.4) is 0 Å². The lowest BCUT2D eigenvalue weighted by Gasteiger charge is -2.29. The van der Waals surface area contributed by atoms with E-state index in [4.69, 9.17) is 4.74 Å². The molecule has 150 valence electrons. The average Bonchev–Trinajstić information content (AvgIpc) is 3.29. The van der Waals surface area contributed by atoms with Gasteiger partial charge >= 0.3 is 6.29 Å². The van der Waals surface area contributed by atoms with E-state index in [2.05, 4.69) is 24.5 Å². The molecule has 3 aromatic rings. The zero-order valence-electron chi connectivity index (χ0n) is 15.2. The first-order valence-corrected chi connectivity index (χ1v) is 9.09. The highest BCUT2D eigenvalue weighted by atomic mass is 19.3. The standard InChI is InChI=1S/C19H16F2N4O4/c20-19(21)28-15-3-1-2-13(18(15)29-19)14(26)10-12-11-17(24-6-8-27-9-7-24)25-16(23-12)4-5-22-25/h1-5,11H,6-10H2. The summed E-state index contributed by atoms with van der Waals surface area (Å²) in [5, 5.41) is 4.30. The van der Waals surface area contributed by atoms with Crippen LogP contribution in [0.25, 0.3) is 5.65 Å². The number of anilines is 1. The molecule has 5 rings (SSSR count). The highest BCUT2D eigenvalue weighted by Crippen LogP contribution is 2.43. The van der Waals surface area contributed by atoms with Gasteiger partial charge in [0.15, 0.2) is 22.9 Å². The van der Waals surface area contributed by atoms with Crippen molar-refractivity contribution in [1.29, 1.82) is 0 Å². The molecule has 0 radical (unpaired) electrons. The summed E-state index contributed by atoms with van der Waals surface area (Å²) < 4.78 is 42.9. The molecule has 0 saturated carbocycles. The maximum absolute atomic E-state index is 13.4. The van der Waals surface area contributed by atoms with Gasteiger partial charge in [0.05, 0.1) is 37.1 Å². The normalized spacial score (nSPS) is 17.7. The summed E-state index contributed by atoms with van der Waals surface area (Å²) in [4.78, 5) is 19.5. The maximum Gasteiger partial charge on any atom is 0.586 e. The van der Waals surface area contributed by atoms with Crippen LogP contribution in [-0.2, 0) is 11.2 Å². The second kappa shape index (κ2) is 6.66. The molecule has 8 nitrogen and oxygen atoms in total. The number of carbonyl (C=O) groups is 1. The minimum atomic E-state index is -3.78. The Labute approximate surface area is 163 Å². The summed E-state index contributed by atoms with van der Waals surface area (Å²) in [6, 6.07) is 7.78. The van der Waals surface area contributed by atoms with Gasteiger partial charge in [-0.25, -0.2) is 4.98 Å². The van der Waals surface area contributed by atoms with Gasteiger partial charge in [-0.05, 0) is 12.1 Å². The SMILES string of the molecule is O=C(Cc1cc(N2CCOCC2)n2nccc2n1)c1cccc2c1OC(F)(F)O2. The molecule has 0 unspecified atom stereocenters. The summed E-state index contributed by atoms with van der Waals surface area (Å²) in [5.41, 5.74) is 1.14. The molecule has 0 bridgehead atoms. The highest BCUT2D eigenvalue weighted by Gasteiger charge is 2.45. The Bertz CT molecular complexity index is 1100. The number of hydrogen-bond acceptors (Lipinski definition) is 7. The summed E-state index contributed by atoms with van der Waals surface area (Å²) in [5.74, 6) is -0.00154. The number of carbonyl (C=O) groups excluding carboxylic acids is 1. The Morgan fingerprint density at radius 1 is 1.17 bits per heavy atom. The number of alkyl halides is 2. The quantitative estimate of drug-likeness (QED) is 0.620. The number of nitrogens with zero attached hydrogens (tertiary/aromatic N) is 4. The van der Waals surface area contributed by atoms with Crippen molar-refractivity contribution in [2.45, 2.75) is 12.7 Å². The van der Waals surface area contributed by atoms with Crippen molar-refractivity contribution >= 4 is 17.2 Å². The van der Waals surface area contributed by atoms with Crippen molar-refractivity contribution in [1.82, 2.24) is 14.6 Å². The van der Waals surface area contributed by atoms with Crippen molar-refractivity contribution in [2.24, 2.45) is 0 Å². The number of benzene rings is 1. The number of Topliss-reactive ketones (excluding diaryl/α,β-unsaturated/α-hetero) is 1. The minimum absolute atomic E-state index is 0.0304. The molecular formula is C19H16F2N4O4. The Balaban J connectivity index is 1.47. The van der Waals surface area contributed by atoms with E-state index >= 15 is 0 Å². The number of ether oxygens (including phenoxy) is 3. The lowest BCUT2D eigenvalue weighted by atomic mass is 10.0. The Morgan fingerprint density at radius 3 is 2.83 bits per heavy atom. The fourth-order valence-corrected chi connectivity index (χ4v) is 3.50. The number of ketones is 1. The van der Waals surface area contributed by atoms with Crippen molar-refractivity contribution in [3.63, 3.8) is 0 Å². The molecule has 0 N–H and O–H groups in total. The van der Waals surface area contributed by atoms with E-state index in [1.165, 1.54) is 18.2 Å². The number of rotatable bonds is 4. The van der Waals surface area contributed by atoms with Crippen LogP contribution in [0, 0.1) is 0 Å². The van der Waals surface area contributed by atoms with Crippen LogP contribution in [0.4, 0.5) is 14.6 Å². The van der Waals surface area contributed by atoms with Crippen LogP contribution < -0.4 is 14.4 Å². The Kier molecular flexibility index (Phi) is 4.09. The van der Waals surface area contributed by atoms with Crippen LogP contribution >= 0.6 is 0 Å². The largest absolute Gasteiger partial charge is 0.586 e. The van der Waals surface area contributed by atoms with Crippen LogP contribution in [0.1, 0.15) is 16.1 Å². The molecule has 2 aromatic heterocycles. The molecule has 2 aliphatic heterocycles. The molecule has 2 aliphatic rings. The fourth-order valence-electron chi connectivity index (χ4n) is 3.50. The number of halogens is 2. The molecular weight excluding hydrogens is 386 g/mol. The molecule has 1 aromatic carbocycles. The van der Waals surface area contributed by atoms with Crippen molar-refractivity contribution in [3.05, 3.63) is 47.8 Å².